The lowest BCUT2D eigenvalue weighted by molar-refractivity contribution is -0.161. The maximum atomic E-state index is 12.4. The van der Waals surface area contributed by atoms with Crippen molar-refractivity contribution in [3.63, 3.8) is 0 Å². The van der Waals surface area contributed by atoms with E-state index in [9.17, 15) is 23.8 Å². The quantitative estimate of drug-likeness (QED) is 0.0265. The number of carboxylic acid groups (broad SMARTS) is 1. The van der Waals surface area contributed by atoms with Gasteiger partial charge in [-0.2, -0.15) is 0 Å². The van der Waals surface area contributed by atoms with Crippen molar-refractivity contribution in [1.29, 1.82) is 0 Å². The molecule has 0 aromatic rings. The zero-order chi connectivity index (χ0) is 34.3. The van der Waals surface area contributed by atoms with Crippen molar-refractivity contribution in [2.45, 2.75) is 167 Å². The van der Waals surface area contributed by atoms with E-state index < -0.39 is 51.1 Å². The van der Waals surface area contributed by atoms with Crippen LogP contribution in [0.2, 0.25) is 0 Å². The second-order valence-electron chi connectivity index (χ2n) is 12.0. The summed E-state index contributed by atoms with van der Waals surface area (Å²) in [5, 5.41) is 8.82. The van der Waals surface area contributed by atoms with E-state index in [2.05, 4.69) is 30.5 Å². The zero-order valence-corrected chi connectivity index (χ0v) is 29.6. The Hall–Kier alpha value is -1.78. The molecule has 0 aliphatic rings. The number of phosphoric ester groups is 1. The Kier molecular flexibility index (Phi) is 29.4. The van der Waals surface area contributed by atoms with E-state index in [1.807, 2.05) is 0 Å². The van der Waals surface area contributed by atoms with Crippen LogP contribution in [0.3, 0.4) is 0 Å². The number of carbonyl (C=O) groups is 3. The van der Waals surface area contributed by atoms with Crippen molar-refractivity contribution in [3.05, 3.63) is 12.2 Å². The molecule has 0 heterocycles. The monoisotopic (exact) mass is 677 g/mol. The number of carboxylic acids is 1. The average molecular weight is 678 g/mol. The second-order valence-corrected chi connectivity index (χ2v) is 13.5. The van der Waals surface area contributed by atoms with Crippen LogP contribution in [0.4, 0.5) is 0 Å². The van der Waals surface area contributed by atoms with Crippen LogP contribution in [-0.4, -0.2) is 59.9 Å². The standard InChI is InChI=1S/C34H64NO10P/c1-3-5-7-9-11-12-13-14-15-16-17-18-20-21-23-25-32(36)42-27-30(28-43-46(40,41)44-29-31(35)34(38)39)45-33(37)26-24-22-19-10-8-6-4-2/h9,11,30-31H,3-8,10,12-29,35H2,1-2H3,(H,38,39)(H,40,41)/b11-9+/t30-,31+/m0/s1. The Balaban J connectivity index is 4.36. The highest BCUT2D eigenvalue weighted by Gasteiger charge is 2.28. The van der Waals surface area contributed by atoms with Gasteiger partial charge in [0.05, 0.1) is 13.2 Å². The van der Waals surface area contributed by atoms with Crippen molar-refractivity contribution in [1.82, 2.24) is 0 Å². The fraction of sp³-hybridized carbons (Fsp3) is 0.853. The number of unbranched alkanes of at least 4 members (excludes halogenated alkanes) is 17. The van der Waals surface area contributed by atoms with Gasteiger partial charge in [-0.3, -0.25) is 23.4 Å². The molecular formula is C34H64NO10P. The largest absolute Gasteiger partial charge is 0.480 e. The molecule has 3 atom stereocenters. The summed E-state index contributed by atoms with van der Waals surface area (Å²) in [6.07, 6.45) is 26.0. The Bertz CT molecular complexity index is 854. The number of nitrogens with two attached hydrogens (primary N) is 1. The number of aliphatic carboxylic acids is 1. The molecule has 0 spiro atoms. The smallest absolute Gasteiger partial charge is 0.472 e. The molecule has 0 saturated carbocycles. The molecule has 46 heavy (non-hydrogen) atoms. The minimum absolute atomic E-state index is 0.162. The van der Waals surface area contributed by atoms with Gasteiger partial charge in [-0.1, -0.05) is 122 Å². The molecule has 0 bridgehead atoms. The van der Waals surface area contributed by atoms with Crippen LogP contribution >= 0.6 is 7.82 Å². The van der Waals surface area contributed by atoms with Gasteiger partial charge in [-0.05, 0) is 32.1 Å². The number of rotatable bonds is 33. The first-order valence-corrected chi connectivity index (χ1v) is 19.2. The normalized spacial score (nSPS) is 14.2. The number of hydrogen-bond acceptors (Lipinski definition) is 9. The molecule has 0 aliphatic carbocycles. The zero-order valence-electron chi connectivity index (χ0n) is 28.7. The second kappa shape index (κ2) is 30.5. The van der Waals surface area contributed by atoms with Gasteiger partial charge in [-0.15, -0.1) is 0 Å². The minimum Gasteiger partial charge on any atom is -0.480 e. The molecule has 1 unspecified atom stereocenters. The van der Waals surface area contributed by atoms with Gasteiger partial charge in [0, 0.05) is 12.8 Å². The van der Waals surface area contributed by atoms with Crippen molar-refractivity contribution >= 4 is 25.7 Å². The van der Waals surface area contributed by atoms with Gasteiger partial charge in [0.15, 0.2) is 6.10 Å². The number of phosphoric acid groups is 1. The Morgan fingerprint density at radius 3 is 1.65 bits per heavy atom. The van der Waals surface area contributed by atoms with E-state index in [0.29, 0.717) is 12.8 Å². The highest BCUT2D eigenvalue weighted by atomic mass is 31.2. The molecule has 0 amide bonds. The third-order valence-corrected chi connectivity index (χ3v) is 8.46. The molecule has 0 aromatic carbocycles. The van der Waals surface area contributed by atoms with Crippen LogP contribution < -0.4 is 5.73 Å². The van der Waals surface area contributed by atoms with Crippen LogP contribution in [-0.2, 0) is 37.5 Å². The lowest BCUT2D eigenvalue weighted by Crippen LogP contribution is -2.34. The molecule has 270 valence electrons. The third-order valence-electron chi connectivity index (χ3n) is 7.51. The van der Waals surface area contributed by atoms with E-state index >= 15 is 0 Å². The lowest BCUT2D eigenvalue weighted by atomic mass is 10.1. The summed E-state index contributed by atoms with van der Waals surface area (Å²) in [4.78, 5) is 45.4. The first-order valence-electron chi connectivity index (χ1n) is 17.7. The molecule has 0 radical (unpaired) electrons. The van der Waals surface area contributed by atoms with Gasteiger partial charge < -0.3 is 25.2 Å². The SMILES string of the molecule is CCCC/C=C/CCCCCCCCCCCC(=O)OC[C@@H](COP(=O)(O)OC[C@@H](N)C(=O)O)OC(=O)CCCCCCCCC. The predicted octanol–water partition coefficient (Wildman–Crippen LogP) is 8.17. The van der Waals surface area contributed by atoms with Crippen LogP contribution in [0.5, 0.6) is 0 Å². The van der Waals surface area contributed by atoms with Crippen LogP contribution in [0.15, 0.2) is 12.2 Å². The van der Waals surface area contributed by atoms with Crippen molar-refractivity contribution in [3.8, 4) is 0 Å². The summed E-state index contributed by atoms with van der Waals surface area (Å²) in [5.41, 5.74) is 5.29. The van der Waals surface area contributed by atoms with Crippen molar-refractivity contribution in [2.24, 2.45) is 5.73 Å². The fourth-order valence-corrected chi connectivity index (χ4v) is 5.41. The van der Waals surface area contributed by atoms with E-state index in [1.165, 1.54) is 70.6 Å². The summed E-state index contributed by atoms with van der Waals surface area (Å²) in [6, 6.07) is -1.52. The molecule has 0 aliphatic heterocycles. The van der Waals surface area contributed by atoms with Crippen molar-refractivity contribution < 1.29 is 47.5 Å². The summed E-state index contributed by atoms with van der Waals surface area (Å²) in [5.74, 6) is -2.39. The van der Waals surface area contributed by atoms with E-state index in [0.717, 1.165) is 44.9 Å². The summed E-state index contributed by atoms with van der Waals surface area (Å²) in [6.45, 7) is 2.69. The number of carbonyl (C=O) groups excluding carboxylic acids is 2. The van der Waals surface area contributed by atoms with Gasteiger partial charge in [0.2, 0.25) is 0 Å². The minimum atomic E-state index is -4.69. The van der Waals surface area contributed by atoms with Crippen LogP contribution in [0.1, 0.15) is 155 Å². The number of ether oxygens (including phenoxy) is 2. The van der Waals surface area contributed by atoms with Crippen LogP contribution in [0.25, 0.3) is 0 Å². The first kappa shape index (κ1) is 44.2. The summed E-state index contributed by atoms with van der Waals surface area (Å²) < 4.78 is 32.4. The Labute approximate surface area is 278 Å². The molecular weight excluding hydrogens is 613 g/mol. The Morgan fingerprint density at radius 2 is 1.11 bits per heavy atom. The molecule has 0 rings (SSSR count). The van der Waals surface area contributed by atoms with E-state index in [4.69, 9.17) is 24.8 Å². The van der Waals surface area contributed by atoms with Gasteiger partial charge in [0.1, 0.15) is 12.6 Å². The lowest BCUT2D eigenvalue weighted by Gasteiger charge is -2.20. The summed E-state index contributed by atoms with van der Waals surface area (Å²) >= 11 is 0. The molecule has 11 nitrogen and oxygen atoms in total. The average Bonchev–Trinajstić information content (AvgIpc) is 3.02. The molecule has 4 N–H and O–H groups in total. The molecule has 0 fully saturated rings. The maximum Gasteiger partial charge on any atom is 0.472 e. The predicted molar refractivity (Wildman–Crippen MR) is 180 cm³/mol. The van der Waals surface area contributed by atoms with Crippen molar-refractivity contribution in [2.75, 3.05) is 19.8 Å². The Morgan fingerprint density at radius 1 is 0.652 bits per heavy atom. The number of allylic oxidation sites excluding steroid dienone is 2. The van der Waals surface area contributed by atoms with E-state index in [1.54, 1.807) is 0 Å². The number of esters is 2. The van der Waals surface area contributed by atoms with Gasteiger partial charge in [0.25, 0.3) is 0 Å². The fourth-order valence-electron chi connectivity index (χ4n) is 4.63. The molecule has 12 heteroatoms. The maximum absolute atomic E-state index is 12.4. The van der Waals surface area contributed by atoms with Gasteiger partial charge >= 0.3 is 25.7 Å². The third kappa shape index (κ3) is 29.6. The van der Waals surface area contributed by atoms with E-state index in [-0.39, 0.29) is 19.4 Å². The summed E-state index contributed by atoms with van der Waals surface area (Å²) in [7, 11) is -4.69. The molecule has 0 saturated heterocycles. The highest BCUT2D eigenvalue weighted by molar-refractivity contribution is 7.47. The molecule has 0 aromatic heterocycles. The van der Waals surface area contributed by atoms with Gasteiger partial charge in [-0.25, -0.2) is 4.57 Å². The number of hydrogen-bond donors (Lipinski definition) is 3. The first-order chi connectivity index (χ1) is 22.1. The highest BCUT2D eigenvalue weighted by Crippen LogP contribution is 2.43. The topological polar surface area (TPSA) is 172 Å². The van der Waals surface area contributed by atoms with Crippen LogP contribution in [0, 0.1) is 0 Å².